The number of hydrogen-bond acceptors (Lipinski definition) is 8. The fourth-order valence-electron chi connectivity index (χ4n) is 4.04. The summed E-state index contributed by atoms with van der Waals surface area (Å²) in [4.78, 5) is 26.0. The lowest BCUT2D eigenvalue weighted by Crippen LogP contribution is -2.36. The molecule has 14 heteroatoms. The Morgan fingerprint density at radius 1 is 1.05 bits per heavy atom. The molecule has 42 heavy (non-hydrogen) atoms. The zero-order valence-corrected chi connectivity index (χ0v) is 22.5. The average molecular weight is 587 g/mol. The molecule has 0 saturated carbocycles. The molecule has 1 fully saturated rings. The maximum Gasteiger partial charge on any atom is 0.416 e. The Morgan fingerprint density at radius 2 is 1.74 bits per heavy atom. The van der Waals surface area contributed by atoms with Crippen LogP contribution in [-0.2, 0) is 6.18 Å². The lowest BCUT2D eigenvalue weighted by atomic mass is 10.1. The molecular formula is C28H27F5N8O. The zero-order valence-electron chi connectivity index (χ0n) is 22.5. The van der Waals surface area contributed by atoms with Crippen molar-refractivity contribution in [2.24, 2.45) is 0 Å². The van der Waals surface area contributed by atoms with Crippen LogP contribution in [0.25, 0.3) is 16.9 Å². The standard InChI is InChI=1S/C22H16F3N7O.C6H11F2N/c23-22(24,25)16-4-2-15(3-5-16)18-9-20-30-17(13-33)12-32(20)21(31-18)28-8-7-27-19-6-1-14(10-26)11-29-19;1-9-4-2-6(7,8)3-5-9/h1-6,9,11-13H,7-8H2,(H,27,29)(H,28,31);2-5H2,1H3. The van der Waals surface area contributed by atoms with E-state index in [4.69, 9.17) is 5.26 Å². The smallest absolute Gasteiger partial charge is 0.368 e. The number of aldehydes is 1. The molecule has 5 rings (SSSR count). The first kappa shape index (κ1) is 30.3. The second-order valence-corrected chi connectivity index (χ2v) is 9.61. The second-order valence-electron chi connectivity index (χ2n) is 9.61. The van der Waals surface area contributed by atoms with E-state index in [1.165, 1.54) is 24.5 Å². The number of carbonyl (C=O) groups excluding carboxylic acids is 1. The molecule has 1 saturated heterocycles. The zero-order chi connectivity index (χ0) is 30.3. The Balaban J connectivity index is 0.000000385. The highest BCUT2D eigenvalue weighted by atomic mass is 19.4. The topological polar surface area (TPSA) is 111 Å². The number of anilines is 2. The third-order valence-electron chi connectivity index (χ3n) is 6.43. The van der Waals surface area contributed by atoms with Crippen molar-refractivity contribution in [2.45, 2.75) is 24.9 Å². The molecule has 0 bridgehead atoms. The molecule has 0 spiro atoms. The van der Waals surface area contributed by atoms with Crippen LogP contribution in [0, 0.1) is 11.3 Å². The molecule has 0 radical (unpaired) electrons. The molecule has 3 aromatic heterocycles. The molecule has 0 atom stereocenters. The van der Waals surface area contributed by atoms with Crippen LogP contribution in [0.3, 0.4) is 0 Å². The molecule has 1 aromatic carbocycles. The van der Waals surface area contributed by atoms with Crippen LogP contribution in [0.5, 0.6) is 0 Å². The fraction of sp³-hybridized carbons (Fsp3) is 0.321. The van der Waals surface area contributed by atoms with E-state index in [2.05, 4.69) is 25.6 Å². The van der Waals surface area contributed by atoms with Crippen LogP contribution < -0.4 is 10.6 Å². The summed E-state index contributed by atoms with van der Waals surface area (Å²) >= 11 is 0. The number of fused-ring (bicyclic) bond motifs is 1. The first-order valence-corrected chi connectivity index (χ1v) is 12.9. The van der Waals surface area contributed by atoms with Gasteiger partial charge in [0.15, 0.2) is 6.29 Å². The van der Waals surface area contributed by atoms with Crippen LogP contribution in [0.1, 0.15) is 34.5 Å². The number of nitriles is 1. The summed E-state index contributed by atoms with van der Waals surface area (Å²) in [5, 5.41) is 15.1. The number of nitrogens with one attached hydrogen (secondary N) is 2. The highest BCUT2D eigenvalue weighted by Crippen LogP contribution is 2.31. The second kappa shape index (κ2) is 12.9. The van der Waals surface area contributed by atoms with Gasteiger partial charge in [0.1, 0.15) is 23.2 Å². The summed E-state index contributed by atoms with van der Waals surface area (Å²) in [6.07, 6.45) is -0.786. The van der Waals surface area contributed by atoms with E-state index in [9.17, 15) is 26.7 Å². The number of carbonyl (C=O) groups is 1. The fourth-order valence-corrected chi connectivity index (χ4v) is 4.04. The maximum atomic E-state index is 12.9. The van der Waals surface area contributed by atoms with Gasteiger partial charge in [-0.3, -0.25) is 9.20 Å². The van der Waals surface area contributed by atoms with Crippen molar-refractivity contribution in [1.29, 1.82) is 5.26 Å². The van der Waals surface area contributed by atoms with Crippen molar-refractivity contribution in [2.75, 3.05) is 43.9 Å². The Bertz CT molecular complexity index is 1540. The lowest BCUT2D eigenvalue weighted by molar-refractivity contribution is -0.137. The predicted octanol–water partition coefficient (Wildman–Crippen LogP) is 5.37. The van der Waals surface area contributed by atoms with Gasteiger partial charge in [-0.25, -0.2) is 23.7 Å². The van der Waals surface area contributed by atoms with E-state index < -0.39 is 17.7 Å². The summed E-state index contributed by atoms with van der Waals surface area (Å²) in [6, 6.07) is 11.6. The molecule has 2 N–H and O–H groups in total. The largest absolute Gasteiger partial charge is 0.416 e. The lowest BCUT2D eigenvalue weighted by Gasteiger charge is -2.28. The van der Waals surface area contributed by atoms with Gasteiger partial charge in [-0.1, -0.05) is 12.1 Å². The number of rotatable bonds is 7. The number of piperidine rings is 1. The van der Waals surface area contributed by atoms with Crippen LogP contribution in [0.4, 0.5) is 33.7 Å². The average Bonchev–Trinajstić information content (AvgIpc) is 3.41. The van der Waals surface area contributed by atoms with Gasteiger partial charge in [0.2, 0.25) is 5.95 Å². The van der Waals surface area contributed by atoms with Crippen LogP contribution in [-0.4, -0.2) is 69.7 Å². The molecule has 1 aliphatic rings. The number of likely N-dealkylation sites (tertiary alicyclic amines) is 1. The van der Waals surface area contributed by atoms with Crippen molar-refractivity contribution in [3.63, 3.8) is 0 Å². The summed E-state index contributed by atoms with van der Waals surface area (Å²) < 4.78 is 64.9. The monoisotopic (exact) mass is 586 g/mol. The predicted molar refractivity (Wildman–Crippen MR) is 146 cm³/mol. The van der Waals surface area contributed by atoms with Crippen LogP contribution in [0.2, 0.25) is 0 Å². The Labute approximate surface area is 238 Å². The molecule has 0 amide bonds. The first-order valence-electron chi connectivity index (χ1n) is 12.9. The molecule has 0 aliphatic carbocycles. The first-order chi connectivity index (χ1) is 20.0. The minimum Gasteiger partial charge on any atom is -0.368 e. The third kappa shape index (κ3) is 7.97. The van der Waals surface area contributed by atoms with E-state index in [0.29, 0.717) is 66.7 Å². The van der Waals surface area contributed by atoms with Gasteiger partial charge in [-0.2, -0.15) is 18.4 Å². The van der Waals surface area contributed by atoms with E-state index in [-0.39, 0.29) is 18.5 Å². The minimum absolute atomic E-state index is 0.0312. The molecule has 0 unspecified atom stereocenters. The molecular weight excluding hydrogens is 559 g/mol. The summed E-state index contributed by atoms with van der Waals surface area (Å²) in [5.41, 5.74) is 1.21. The van der Waals surface area contributed by atoms with Gasteiger partial charge in [0.25, 0.3) is 5.92 Å². The number of imidazole rings is 1. The van der Waals surface area contributed by atoms with Crippen molar-refractivity contribution >= 4 is 23.7 Å². The SMILES string of the molecule is CN1CCC(F)(F)CC1.N#Cc1ccc(NCCNc2nc(-c3ccc(C(F)(F)F)cc3)cc3nc(C=O)cn23)nc1. The molecule has 4 heterocycles. The normalized spacial score (nSPS) is 14.9. The van der Waals surface area contributed by atoms with Crippen molar-refractivity contribution in [3.8, 4) is 17.3 Å². The molecule has 9 nitrogen and oxygen atoms in total. The number of aromatic nitrogens is 4. The third-order valence-corrected chi connectivity index (χ3v) is 6.43. The van der Waals surface area contributed by atoms with E-state index in [0.717, 1.165) is 12.1 Å². The Morgan fingerprint density at radius 3 is 2.31 bits per heavy atom. The van der Waals surface area contributed by atoms with Crippen LogP contribution in [0.15, 0.2) is 54.9 Å². The van der Waals surface area contributed by atoms with Crippen molar-refractivity contribution < 1.29 is 26.7 Å². The maximum absolute atomic E-state index is 12.9. The highest BCUT2D eigenvalue weighted by molar-refractivity contribution is 5.75. The van der Waals surface area contributed by atoms with Gasteiger partial charge in [-0.15, -0.1) is 0 Å². The Hall–Kier alpha value is -4.64. The van der Waals surface area contributed by atoms with Gasteiger partial charge in [0.05, 0.1) is 16.8 Å². The van der Waals surface area contributed by atoms with Crippen molar-refractivity contribution in [3.05, 3.63) is 71.7 Å². The number of halogens is 5. The highest BCUT2D eigenvalue weighted by Gasteiger charge is 2.32. The van der Waals surface area contributed by atoms with Gasteiger partial charge >= 0.3 is 6.18 Å². The summed E-state index contributed by atoms with van der Waals surface area (Å²) in [7, 11) is 1.87. The molecule has 1 aliphatic heterocycles. The quantitative estimate of drug-likeness (QED) is 0.169. The number of nitrogens with zero attached hydrogens (tertiary/aromatic N) is 6. The van der Waals surface area contributed by atoms with Crippen LogP contribution >= 0.6 is 0 Å². The molecule has 4 aromatic rings. The van der Waals surface area contributed by atoms with Crippen molar-refractivity contribution in [1.82, 2.24) is 24.3 Å². The summed E-state index contributed by atoms with van der Waals surface area (Å²) in [5.74, 6) is -1.41. The number of alkyl halides is 5. The van der Waals surface area contributed by atoms with Gasteiger partial charge in [0, 0.05) is 63.0 Å². The number of hydrogen-bond donors (Lipinski definition) is 2. The molecule has 220 valence electrons. The van der Waals surface area contributed by atoms with E-state index in [1.807, 2.05) is 18.0 Å². The van der Waals surface area contributed by atoms with Gasteiger partial charge in [-0.05, 0) is 31.3 Å². The number of benzene rings is 1. The van der Waals surface area contributed by atoms with E-state index >= 15 is 0 Å². The minimum atomic E-state index is -4.43. The van der Waals surface area contributed by atoms with Gasteiger partial charge < -0.3 is 15.5 Å². The summed E-state index contributed by atoms with van der Waals surface area (Å²) in [6.45, 7) is 1.94. The Kier molecular flexibility index (Phi) is 9.31. The van der Waals surface area contributed by atoms with E-state index in [1.54, 1.807) is 22.6 Å². The number of pyridine rings is 1.